The van der Waals surface area contributed by atoms with Gasteiger partial charge >= 0.3 is 12.1 Å². The lowest BCUT2D eigenvalue weighted by atomic mass is 10.1. The average Bonchev–Trinajstić information content (AvgIpc) is 2.43. The summed E-state index contributed by atoms with van der Waals surface area (Å²) in [4.78, 5) is 23.3. The van der Waals surface area contributed by atoms with Crippen LogP contribution in [0.15, 0.2) is 18.2 Å². The Hall–Kier alpha value is -1.80. The van der Waals surface area contributed by atoms with E-state index in [0.717, 1.165) is 6.07 Å². The molecule has 0 aliphatic rings. The number of carbonyl (C=O) groups is 2. The van der Waals surface area contributed by atoms with Crippen LogP contribution in [0.3, 0.4) is 0 Å². The molecule has 140 valence electrons. The fourth-order valence-electron chi connectivity index (χ4n) is 1.87. The van der Waals surface area contributed by atoms with Crippen molar-refractivity contribution in [3.05, 3.63) is 34.3 Å². The molecule has 1 aromatic carbocycles. The van der Waals surface area contributed by atoms with Crippen LogP contribution in [-0.2, 0) is 15.7 Å². The fraction of sp³-hybridized carbons (Fsp3) is 0.500. The minimum atomic E-state index is -4.67. The number of benzene rings is 1. The number of halogens is 4. The van der Waals surface area contributed by atoms with Crippen molar-refractivity contribution in [2.75, 3.05) is 6.61 Å². The topological polar surface area (TPSA) is 75.6 Å². The highest BCUT2D eigenvalue weighted by Crippen LogP contribution is 2.31. The summed E-state index contributed by atoms with van der Waals surface area (Å²) in [6.07, 6.45) is -4.71. The van der Waals surface area contributed by atoms with Crippen LogP contribution in [0.25, 0.3) is 0 Å². The summed E-state index contributed by atoms with van der Waals surface area (Å²) in [5.74, 6) is -2.28. The summed E-state index contributed by atoms with van der Waals surface area (Å²) in [6.45, 7) is 5.41. The van der Waals surface area contributed by atoms with Gasteiger partial charge in [-0.3, -0.25) is 4.79 Å². The van der Waals surface area contributed by atoms with Crippen molar-refractivity contribution in [3.8, 4) is 0 Å². The van der Waals surface area contributed by atoms with Gasteiger partial charge in [0.1, 0.15) is 6.04 Å². The van der Waals surface area contributed by atoms with E-state index in [1.807, 2.05) is 0 Å². The SMILES string of the molecule is CC(C)(C)OCCC(NC(=O)c1cc(Cl)cc(C(F)(F)F)c1)C(=O)O. The molecule has 0 bridgehead atoms. The van der Waals surface area contributed by atoms with Gasteiger partial charge in [0.2, 0.25) is 0 Å². The van der Waals surface area contributed by atoms with Gasteiger partial charge in [-0.15, -0.1) is 0 Å². The van der Waals surface area contributed by atoms with E-state index < -0.39 is 35.3 Å². The number of ether oxygens (including phenoxy) is 1. The number of carboxylic acid groups (broad SMARTS) is 1. The standard InChI is InChI=1S/C16H19ClF3NO4/c1-15(2,3)25-5-4-12(14(23)24)21-13(22)9-6-10(16(18,19)20)8-11(17)7-9/h6-8,12H,4-5H2,1-3H3,(H,21,22)(H,23,24). The summed E-state index contributed by atoms with van der Waals surface area (Å²) in [6, 6.07) is 1.04. The maximum Gasteiger partial charge on any atom is 0.416 e. The van der Waals surface area contributed by atoms with Crippen molar-refractivity contribution < 1.29 is 32.6 Å². The van der Waals surface area contributed by atoms with Crippen molar-refractivity contribution in [1.82, 2.24) is 5.32 Å². The first-order valence-corrected chi connectivity index (χ1v) is 7.73. The Labute approximate surface area is 148 Å². The normalized spacial score (nSPS) is 13.4. The number of carbonyl (C=O) groups excluding carboxylic acids is 1. The highest BCUT2D eigenvalue weighted by atomic mass is 35.5. The third-order valence-corrected chi connectivity index (χ3v) is 3.25. The predicted molar refractivity (Wildman–Crippen MR) is 85.7 cm³/mol. The van der Waals surface area contributed by atoms with Gasteiger partial charge < -0.3 is 15.2 Å². The van der Waals surface area contributed by atoms with Gasteiger partial charge in [-0.1, -0.05) is 11.6 Å². The Morgan fingerprint density at radius 2 is 1.84 bits per heavy atom. The van der Waals surface area contributed by atoms with Crippen molar-refractivity contribution in [1.29, 1.82) is 0 Å². The molecule has 0 fully saturated rings. The number of nitrogens with one attached hydrogen (secondary N) is 1. The molecule has 1 unspecified atom stereocenters. The Morgan fingerprint density at radius 1 is 1.24 bits per heavy atom. The van der Waals surface area contributed by atoms with E-state index in [1.165, 1.54) is 0 Å². The Balaban J connectivity index is 2.87. The molecule has 25 heavy (non-hydrogen) atoms. The molecule has 0 aliphatic carbocycles. The maximum atomic E-state index is 12.8. The van der Waals surface area contributed by atoms with Crippen LogP contribution in [0.2, 0.25) is 5.02 Å². The van der Waals surface area contributed by atoms with Crippen LogP contribution in [0.5, 0.6) is 0 Å². The van der Waals surface area contributed by atoms with Gasteiger partial charge in [-0.2, -0.15) is 13.2 Å². The molecule has 1 amide bonds. The summed E-state index contributed by atoms with van der Waals surface area (Å²) in [5, 5.41) is 11.1. The Morgan fingerprint density at radius 3 is 2.32 bits per heavy atom. The van der Waals surface area contributed by atoms with Crippen LogP contribution in [0.4, 0.5) is 13.2 Å². The minimum absolute atomic E-state index is 0.0367. The first-order valence-electron chi connectivity index (χ1n) is 7.35. The zero-order valence-electron chi connectivity index (χ0n) is 13.9. The molecule has 1 rings (SSSR count). The van der Waals surface area contributed by atoms with Crippen molar-refractivity contribution in [2.45, 2.75) is 45.0 Å². The van der Waals surface area contributed by atoms with E-state index in [-0.39, 0.29) is 23.6 Å². The molecule has 0 heterocycles. The van der Waals surface area contributed by atoms with Gasteiger partial charge in [0.15, 0.2) is 0 Å². The number of carboxylic acids is 1. The molecule has 5 nitrogen and oxygen atoms in total. The number of rotatable bonds is 6. The highest BCUT2D eigenvalue weighted by Gasteiger charge is 2.32. The number of aliphatic carboxylic acids is 1. The quantitative estimate of drug-likeness (QED) is 0.787. The lowest BCUT2D eigenvalue weighted by Gasteiger charge is -2.21. The first kappa shape index (κ1) is 21.2. The third-order valence-electron chi connectivity index (χ3n) is 3.03. The van der Waals surface area contributed by atoms with E-state index >= 15 is 0 Å². The van der Waals surface area contributed by atoms with Crippen LogP contribution < -0.4 is 5.32 Å². The molecule has 0 aliphatic heterocycles. The lowest BCUT2D eigenvalue weighted by molar-refractivity contribution is -0.140. The van der Waals surface area contributed by atoms with E-state index in [4.69, 9.17) is 21.4 Å². The van der Waals surface area contributed by atoms with Gasteiger partial charge in [-0.25, -0.2) is 4.79 Å². The number of hydrogen-bond acceptors (Lipinski definition) is 3. The molecule has 0 aromatic heterocycles. The van der Waals surface area contributed by atoms with E-state index in [1.54, 1.807) is 20.8 Å². The van der Waals surface area contributed by atoms with Gasteiger partial charge in [0.05, 0.1) is 11.2 Å². The number of alkyl halides is 3. The first-order chi connectivity index (χ1) is 11.3. The summed E-state index contributed by atoms with van der Waals surface area (Å²) >= 11 is 5.62. The highest BCUT2D eigenvalue weighted by molar-refractivity contribution is 6.31. The Bertz CT molecular complexity index is 641. The number of amides is 1. The van der Waals surface area contributed by atoms with Gasteiger partial charge in [0.25, 0.3) is 5.91 Å². The summed E-state index contributed by atoms with van der Waals surface area (Å²) < 4.78 is 43.7. The molecule has 2 N–H and O–H groups in total. The van der Waals surface area contributed by atoms with Crippen molar-refractivity contribution in [3.63, 3.8) is 0 Å². The molecule has 9 heteroatoms. The molecule has 0 saturated heterocycles. The smallest absolute Gasteiger partial charge is 0.416 e. The van der Waals surface area contributed by atoms with Gasteiger partial charge in [0, 0.05) is 23.6 Å². The average molecular weight is 382 g/mol. The van der Waals surface area contributed by atoms with E-state index in [0.29, 0.717) is 12.1 Å². The zero-order valence-corrected chi connectivity index (χ0v) is 14.7. The molecular formula is C16H19ClF3NO4. The molecule has 0 radical (unpaired) electrons. The van der Waals surface area contributed by atoms with Crippen LogP contribution in [0, 0.1) is 0 Å². The van der Waals surface area contributed by atoms with E-state index in [2.05, 4.69) is 5.32 Å². The molecular weight excluding hydrogens is 363 g/mol. The minimum Gasteiger partial charge on any atom is -0.480 e. The Kier molecular flexibility index (Phi) is 6.84. The molecule has 0 spiro atoms. The second-order valence-corrected chi connectivity index (χ2v) is 6.78. The van der Waals surface area contributed by atoms with Crippen LogP contribution in [0.1, 0.15) is 43.1 Å². The van der Waals surface area contributed by atoms with Crippen molar-refractivity contribution >= 4 is 23.5 Å². The molecule has 0 saturated carbocycles. The second kappa shape index (κ2) is 8.05. The summed E-state index contributed by atoms with van der Waals surface area (Å²) in [5.41, 5.74) is -1.95. The number of hydrogen-bond donors (Lipinski definition) is 2. The largest absolute Gasteiger partial charge is 0.480 e. The summed E-state index contributed by atoms with van der Waals surface area (Å²) in [7, 11) is 0. The third kappa shape index (κ3) is 7.31. The second-order valence-electron chi connectivity index (χ2n) is 6.34. The maximum absolute atomic E-state index is 12.8. The zero-order chi connectivity index (χ0) is 19.4. The monoisotopic (exact) mass is 381 g/mol. The van der Waals surface area contributed by atoms with Crippen molar-refractivity contribution in [2.24, 2.45) is 0 Å². The van der Waals surface area contributed by atoms with E-state index in [9.17, 15) is 22.8 Å². The molecule has 1 atom stereocenters. The fourth-order valence-corrected chi connectivity index (χ4v) is 2.10. The lowest BCUT2D eigenvalue weighted by Crippen LogP contribution is -2.42. The van der Waals surface area contributed by atoms with Crippen LogP contribution in [-0.4, -0.2) is 35.2 Å². The molecule has 1 aromatic rings. The predicted octanol–water partition coefficient (Wildman–Crippen LogP) is 3.75. The van der Waals surface area contributed by atoms with Gasteiger partial charge in [-0.05, 0) is 39.0 Å². The van der Waals surface area contributed by atoms with Crippen LogP contribution >= 0.6 is 11.6 Å².